The number of nitrogens with zero attached hydrogens (tertiary/aromatic N) is 4. The molecule has 1 atom stereocenters. The summed E-state index contributed by atoms with van der Waals surface area (Å²) in [7, 11) is 2.16. The number of piperidine rings is 1. The van der Waals surface area contributed by atoms with Gasteiger partial charge in [-0.05, 0) is 37.9 Å². The van der Waals surface area contributed by atoms with Gasteiger partial charge in [0.25, 0.3) is 0 Å². The van der Waals surface area contributed by atoms with E-state index in [0.29, 0.717) is 0 Å². The van der Waals surface area contributed by atoms with Crippen molar-refractivity contribution in [2.24, 2.45) is 0 Å². The SMILES string of the molecule is CN1CCN(c2ccc(C3CCCCN3C=O)cn2)CC1. The highest BCUT2D eigenvalue weighted by Crippen LogP contribution is 2.30. The summed E-state index contributed by atoms with van der Waals surface area (Å²) in [6.45, 7) is 5.11. The zero-order chi connectivity index (χ0) is 14.7. The molecule has 0 radical (unpaired) electrons. The Labute approximate surface area is 126 Å². The van der Waals surface area contributed by atoms with E-state index in [1.807, 2.05) is 11.1 Å². The molecule has 1 unspecified atom stereocenters. The molecule has 2 saturated heterocycles. The lowest BCUT2D eigenvalue weighted by molar-refractivity contribution is -0.121. The van der Waals surface area contributed by atoms with Crippen molar-refractivity contribution in [2.45, 2.75) is 25.3 Å². The number of likely N-dealkylation sites (tertiary alicyclic amines) is 1. The first-order chi connectivity index (χ1) is 10.3. The maximum Gasteiger partial charge on any atom is 0.210 e. The van der Waals surface area contributed by atoms with E-state index in [4.69, 9.17) is 0 Å². The second kappa shape index (κ2) is 6.43. The van der Waals surface area contributed by atoms with Gasteiger partial charge in [-0.3, -0.25) is 4.79 Å². The summed E-state index contributed by atoms with van der Waals surface area (Å²) in [5.41, 5.74) is 1.17. The van der Waals surface area contributed by atoms with E-state index >= 15 is 0 Å². The number of hydrogen-bond acceptors (Lipinski definition) is 4. The molecule has 3 rings (SSSR count). The van der Waals surface area contributed by atoms with Crippen LogP contribution >= 0.6 is 0 Å². The number of hydrogen-bond donors (Lipinski definition) is 0. The minimum absolute atomic E-state index is 0.213. The largest absolute Gasteiger partial charge is 0.354 e. The Morgan fingerprint density at radius 2 is 1.95 bits per heavy atom. The van der Waals surface area contributed by atoms with Crippen LogP contribution in [0, 0.1) is 0 Å². The quantitative estimate of drug-likeness (QED) is 0.791. The summed E-state index contributed by atoms with van der Waals surface area (Å²) >= 11 is 0. The molecule has 5 nitrogen and oxygen atoms in total. The maximum absolute atomic E-state index is 11.2. The van der Waals surface area contributed by atoms with Gasteiger partial charge in [0.1, 0.15) is 5.82 Å². The van der Waals surface area contributed by atoms with Crippen molar-refractivity contribution in [3.63, 3.8) is 0 Å². The zero-order valence-electron chi connectivity index (χ0n) is 12.7. The van der Waals surface area contributed by atoms with Gasteiger partial charge < -0.3 is 14.7 Å². The highest BCUT2D eigenvalue weighted by atomic mass is 16.1. The van der Waals surface area contributed by atoms with Gasteiger partial charge >= 0.3 is 0 Å². The van der Waals surface area contributed by atoms with Crippen LogP contribution in [0.5, 0.6) is 0 Å². The molecule has 0 N–H and O–H groups in total. The fraction of sp³-hybridized carbons (Fsp3) is 0.625. The highest BCUT2D eigenvalue weighted by Gasteiger charge is 2.23. The van der Waals surface area contributed by atoms with Crippen LogP contribution in [-0.2, 0) is 4.79 Å². The monoisotopic (exact) mass is 288 g/mol. The number of piperazine rings is 1. The highest BCUT2D eigenvalue weighted by molar-refractivity contribution is 5.49. The van der Waals surface area contributed by atoms with Gasteiger partial charge in [-0.15, -0.1) is 0 Å². The second-order valence-electron chi connectivity index (χ2n) is 6.09. The molecule has 114 valence electrons. The smallest absolute Gasteiger partial charge is 0.210 e. The van der Waals surface area contributed by atoms with E-state index in [1.54, 1.807) is 0 Å². The van der Waals surface area contributed by atoms with E-state index in [0.717, 1.165) is 57.8 Å². The predicted octanol–water partition coefficient (Wildman–Crippen LogP) is 1.52. The third-order valence-corrected chi connectivity index (χ3v) is 4.66. The summed E-state index contributed by atoms with van der Waals surface area (Å²) in [5.74, 6) is 1.06. The van der Waals surface area contributed by atoms with E-state index in [1.165, 1.54) is 12.0 Å². The second-order valence-corrected chi connectivity index (χ2v) is 6.09. The standard InChI is InChI=1S/C16H24N4O/c1-18-8-10-19(11-9-18)16-6-5-14(12-17-16)15-4-2-3-7-20(15)13-21/h5-6,12-13,15H,2-4,7-11H2,1H3. The lowest BCUT2D eigenvalue weighted by Gasteiger charge is -2.34. The molecule has 1 amide bonds. The topological polar surface area (TPSA) is 39.7 Å². The molecule has 0 spiro atoms. The summed E-state index contributed by atoms with van der Waals surface area (Å²) in [6.07, 6.45) is 6.30. The van der Waals surface area contributed by atoms with Gasteiger partial charge in [0, 0.05) is 38.9 Å². The average Bonchev–Trinajstić information content (AvgIpc) is 2.56. The van der Waals surface area contributed by atoms with Crippen molar-refractivity contribution in [1.29, 1.82) is 0 Å². The van der Waals surface area contributed by atoms with Crippen molar-refractivity contribution in [3.8, 4) is 0 Å². The Hall–Kier alpha value is -1.62. The van der Waals surface area contributed by atoms with E-state index < -0.39 is 0 Å². The number of anilines is 1. The minimum Gasteiger partial charge on any atom is -0.354 e. The number of carbonyl (C=O) groups is 1. The normalized spacial score (nSPS) is 24.1. The fourth-order valence-electron chi connectivity index (χ4n) is 3.26. The van der Waals surface area contributed by atoms with Gasteiger partial charge in [0.05, 0.1) is 6.04 Å². The first-order valence-electron chi connectivity index (χ1n) is 7.88. The molecule has 21 heavy (non-hydrogen) atoms. The van der Waals surface area contributed by atoms with Crippen LogP contribution in [0.25, 0.3) is 0 Å². The van der Waals surface area contributed by atoms with Crippen molar-refractivity contribution < 1.29 is 4.79 Å². The van der Waals surface area contributed by atoms with Gasteiger partial charge in [-0.2, -0.15) is 0 Å². The van der Waals surface area contributed by atoms with Crippen LogP contribution in [0.3, 0.4) is 0 Å². The Balaban J connectivity index is 1.70. The molecule has 0 aliphatic carbocycles. The van der Waals surface area contributed by atoms with E-state index in [9.17, 15) is 4.79 Å². The molecular formula is C16H24N4O. The Bertz CT molecular complexity index is 468. The average molecular weight is 288 g/mol. The molecule has 1 aromatic heterocycles. The van der Waals surface area contributed by atoms with Crippen LogP contribution < -0.4 is 4.90 Å². The van der Waals surface area contributed by atoms with Gasteiger partial charge in [0.2, 0.25) is 6.41 Å². The van der Waals surface area contributed by atoms with Crippen LogP contribution in [0.4, 0.5) is 5.82 Å². The first-order valence-corrected chi connectivity index (χ1v) is 7.88. The molecule has 0 saturated carbocycles. The Morgan fingerprint density at radius 1 is 1.14 bits per heavy atom. The molecule has 0 aromatic carbocycles. The molecule has 5 heteroatoms. The summed E-state index contributed by atoms with van der Waals surface area (Å²) in [4.78, 5) is 22.4. The van der Waals surface area contributed by atoms with Crippen molar-refractivity contribution in [3.05, 3.63) is 23.9 Å². The van der Waals surface area contributed by atoms with E-state index in [-0.39, 0.29) is 6.04 Å². The molecule has 2 aliphatic heterocycles. The van der Waals surface area contributed by atoms with Crippen molar-refractivity contribution in [1.82, 2.24) is 14.8 Å². The molecule has 2 aliphatic rings. The van der Waals surface area contributed by atoms with Gasteiger partial charge in [-0.25, -0.2) is 4.98 Å². The summed E-state index contributed by atoms with van der Waals surface area (Å²) in [5, 5.41) is 0. The van der Waals surface area contributed by atoms with Crippen molar-refractivity contribution in [2.75, 3.05) is 44.7 Å². The van der Waals surface area contributed by atoms with Crippen LogP contribution in [-0.4, -0.2) is 61.0 Å². The fourth-order valence-corrected chi connectivity index (χ4v) is 3.26. The van der Waals surface area contributed by atoms with E-state index in [2.05, 4.69) is 34.0 Å². The predicted molar refractivity (Wildman–Crippen MR) is 83.3 cm³/mol. The molecule has 0 bridgehead atoms. The number of pyridine rings is 1. The lowest BCUT2D eigenvalue weighted by Crippen LogP contribution is -2.44. The molecule has 1 aromatic rings. The Kier molecular flexibility index (Phi) is 4.39. The third kappa shape index (κ3) is 3.18. The molecule has 2 fully saturated rings. The number of rotatable bonds is 3. The van der Waals surface area contributed by atoms with Crippen LogP contribution in [0.2, 0.25) is 0 Å². The third-order valence-electron chi connectivity index (χ3n) is 4.66. The molecular weight excluding hydrogens is 264 g/mol. The maximum atomic E-state index is 11.2. The molecule has 3 heterocycles. The number of carbonyl (C=O) groups excluding carboxylic acids is 1. The number of aromatic nitrogens is 1. The lowest BCUT2D eigenvalue weighted by atomic mass is 9.97. The van der Waals surface area contributed by atoms with Gasteiger partial charge in [-0.1, -0.05) is 6.07 Å². The number of likely N-dealkylation sites (N-methyl/N-ethyl adjacent to an activating group) is 1. The summed E-state index contributed by atoms with van der Waals surface area (Å²) in [6, 6.07) is 4.47. The minimum atomic E-state index is 0.213. The Morgan fingerprint density at radius 3 is 2.62 bits per heavy atom. The number of amides is 1. The van der Waals surface area contributed by atoms with Crippen LogP contribution in [0.1, 0.15) is 30.9 Å². The van der Waals surface area contributed by atoms with Crippen molar-refractivity contribution >= 4 is 12.2 Å². The first kappa shape index (κ1) is 14.3. The summed E-state index contributed by atoms with van der Waals surface area (Å²) < 4.78 is 0. The zero-order valence-corrected chi connectivity index (χ0v) is 12.7. The van der Waals surface area contributed by atoms with Gasteiger partial charge in [0.15, 0.2) is 0 Å². The van der Waals surface area contributed by atoms with Crippen LogP contribution in [0.15, 0.2) is 18.3 Å².